The van der Waals surface area contributed by atoms with Gasteiger partial charge in [0, 0.05) is 6.07 Å². The van der Waals surface area contributed by atoms with E-state index in [2.05, 4.69) is 5.32 Å². The fourth-order valence-electron chi connectivity index (χ4n) is 1.67. The van der Waals surface area contributed by atoms with E-state index in [0.717, 1.165) is 18.2 Å². The molecular formula is C14H11F2NO2. The van der Waals surface area contributed by atoms with Crippen LogP contribution in [0.1, 0.15) is 15.9 Å². The Balaban J connectivity index is 2.31. The first-order valence-corrected chi connectivity index (χ1v) is 5.54. The number of hydrogen-bond acceptors (Lipinski definition) is 2. The molecule has 0 fully saturated rings. The molecule has 2 N–H and O–H groups in total. The highest BCUT2D eigenvalue weighted by Crippen LogP contribution is 2.23. The van der Waals surface area contributed by atoms with E-state index in [1.807, 2.05) is 0 Å². The van der Waals surface area contributed by atoms with Gasteiger partial charge < -0.3 is 10.4 Å². The summed E-state index contributed by atoms with van der Waals surface area (Å²) < 4.78 is 26.4. The maximum absolute atomic E-state index is 13.6. The van der Waals surface area contributed by atoms with Crippen LogP contribution < -0.4 is 5.32 Å². The Bertz CT molecular complexity index is 621. The number of aromatic hydroxyl groups is 1. The van der Waals surface area contributed by atoms with Gasteiger partial charge >= 0.3 is 0 Å². The van der Waals surface area contributed by atoms with Crippen molar-refractivity contribution >= 4 is 11.6 Å². The summed E-state index contributed by atoms with van der Waals surface area (Å²) in [6, 6.07) is 7.38. The molecular weight excluding hydrogens is 252 g/mol. The highest BCUT2D eigenvalue weighted by atomic mass is 19.1. The second-order valence-corrected chi connectivity index (χ2v) is 4.05. The van der Waals surface area contributed by atoms with Gasteiger partial charge in [0.2, 0.25) is 0 Å². The van der Waals surface area contributed by atoms with Gasteiger partial charge in [-0.15, -0.1) is 0 Å². The lowest BCUT2D eigenvalue weighted by atomic mass is 10.1. The van der Waals surface area contributed by atoms with E-state index in [-0.39, 0.29) is 11.3 Å². The highest BCUT2D eigenvalue weighted by Gasteiger charge is 2.15. The SMILES string of the molecule is Cc1cccc(F)c1NC(=O)c1ccc(F)cc1O. The molecule has 3 nitrogen and oxygen atoms in total. The van der Waals surface area contributed by atoms with E-state index in [1.54, 1.807) is 13.0 Å². The van der Waals surface area contributed by atoms with E-state index in [9.17, 15) is 18.7 Å². The fourth-order valence-corrected chi connectivity index (χ4v) is 1.67. The number of rotatable bonds is 2. The Morgan fingerprint density at radius 3 is 2.58 bits per heavy atom. The fraction of sp³-hybridized carbons (Fsp3) is 0.0714. The van der Waals surface area contributed by atoms with Crippen molar-refractivity contribution in [3.05, 3.63) is 59.2 Å². The smallest absolute Gasteiger partial charge is 0.259 e. The van der Waals surface area contributed by atoms with Crippen LogP contribution >= 0.6 is 0 Å². The average molecular weight is 263 g/mol. The molecule has 0 spiro atoms. The summed E-state index contributed by atoms with van der Waals surface area (Å²) in [5, 5.41) is 11.8. The number of halogens is 2. The molecule has 98 valence electrons. The second kappa shape index (κ2) is 5.06. The molecule has 0 aliphatic heterocycles. The second-order valence-electron chi connectivity index (χ2n) is 4.05. The quantitative estimate of drug-likeness (QED) is 0.873. The molecule has 5 heteroatoms. The molecule has 2 aromatic rings. The molecule has 2 aromatic carbocycles. The number of benzene rings is 2. The summed E-state index contributed by atoms with van der Waals surface area (Å²) in [5.74, 6) is -2.43. The molecule has 0 heterocycles. The first kappa shape index (κ1) is 13.0. The largest absolute Gasteiger partial charge is 0.507 e. The van der Waals surface area contributed by atoms with Gasteiger partial charge in [0.15, 0.2) is 0 Å². The van der Waals surface area contributed by atoms with Crippen LogP contribution in [0, 0.1) is 18.6 Å². The van der Waals surface area contributed by atoms with E-state index < -0.39 is 23.3 Å². The Morgan fingerprint density at radius 1 is 1.21 bits per heavy atom. The lowest BCUT2D eigenvalue weighted by Gasteiger charge is -2.10. The van der Waals surface area contributed by atoms with E-state index >= 15 is 0 Å². The van der Waals surface area contributed by atoms with Crippen molar-refractivity contribution in [1.29, 1.82) is 0 Å². The third-order valence-corrected chi connectivity index (χ3v) is 2.66. The van der Waals surface area contributed by atoms with Crippen LogP contribution in [0.3, 0.4) is 0 Å². The Kier molecular flexibility index (Phi) is 3.46. The first-order valence-electron chi connectivity index (χ1n) is 5.54. The average Bonchev–Trinajstić information content (AvgIpc) is 2.33. The Labute approximate surface area is 108 Å². The number of aryl methyl sites for hydroxylation is 1. The predicted molar refractivity (Wildman–Crippen MR) is 67.2 cm³/mol. The van der Waals surface area contributed by atoms with Crippen LogP contribution in [-0.4, -0.2) is 11.0 Å². The number of phenolic OH excluding ortho intramolecular Hbond substituents is 1. The van der Waals surface area contributed by atoms with Crippen molar-refractivity contribution in [3.8, 4) is 5.75 Å². The maximum atomic E-state index is 13.6. The Morgan fingerprint density at radius 2 is 1.95 bits per heavy atom. The monoisotopic (exact) mass is 263 g/mol. The van der Waals surface area contributed by atoms with Crippen LogP contribution in [0.25, 0.3) is 0 Å². The minimum atomic E-state index is -0.703. The molecule has 19 heavy (non-hydrogen) atoms. The molecule has 0 atom stereocenters. The lowest BCUT2D eigenvalue weighted by molar-refractivity contribution is 0.102. The summed E-state index contributed by atoms with van der Waals surface area (Å²) in [6.45, 7) is 1.64. The molecule has 0 bridgehead atoms. The third kappa shape index (κ3) is 2.70. The zero-order valence-electron chi connectivity index (χ0n) is 10.1. The maximum Gasteiger partial charge on any atom is 0.259 e. The predicted octanol–water partition coefficient (Wildman–Crippen LogP) is 3.23. The van der Waals surface area contributed by atoms with Gasteiger partial charge in [0.05, 0.1) is 11.3 Å². The number of nitrogens with one attached hydrogen (secondary N) is 1. The normalized spacial score (nSPS) is 10.3. The lowest BCUT2D eigenvalue weighted by Crippen LogP contribution is -2.14. The van der Waals surface area contributed by atoms with Crippen molar-refractivity contribution < 1.29 is 18.7 Å². The van der Waals surface area contributed by atoms with Crippen LogP contribution in [0.5, 0.6) is 5.75 Å². The number of para-hydroxylation sites is 1. The van der Waals surface area contributed by atoms with E-state index in [1.165, 1.54) is 12.1 Å². The van der Waals surface area contributed by atoms with Crippen LogP contribution in [0.15, 0.2) is 36.4 Å². The van der Waals surface area contributed by atoms with E-state index in [4.69, 9.17) is 0 Å². The molecule has 0 aliphatic carbocycles. The zero-order valence-corrected chi connectivity index (χ0v) is 10.1. The number of phenols is 1. The molecule has 0 aliphatic rings. The summed E-state index contributed by atoms with van der Waals surface area (Å²) in [6.07, 6.45) is 0. The number of anilines is 1. The van der Waals surface area contributed by atoms with Crippen LogP contribution in [0.4, 0.5) is 14.5 Å². The molecule has 0 unspecified atom stereocenters. The van der Waals surface area contributed by atoms with Gasteiger partial charge in [-0.3, -0.25) is 4.79 Å². The van der Waals surface area contributed by atoms with Crippen molar-refractivity contribution in [2.75, 3.05) is 5.32 Å². The molecule has 0 saturated carbocycles. The molecule has 0 aromatic heterocycles. The van der Waals surface area contributed by atoms with E-state index in [0.29, 0.717) is 5.56 Å². The number of hydrogen-bond donors (Lipinski definition) is 2. The van der Waals surface area contributed by atoms with Crippen molar-refractivity contribution in [1.82, 2.24) is 0 Å². The summed E-state index contributed by atoms with van der Waals surface area (Å²) in [7, 11) is 0. The summed E-state index contributed by atoms with van der Waals surface area (Å²) in [5.41, 5.74) is 0.468. The minimum absolute atomic E-state index is 0.0382. The molecule has 0 radical (unpaired) electrons. The zero-order chi connectivity index (χ0) is 14.0. The van der Waals surface area contributed by atoms with Gasteiger partial charge in [-0.2, -0.15) is 0 Å². The van der Waals surface area contributed by atoms with Gasteiger partial charge in [-0.05, 0) is 30.7 Å². The highest BCUT2D eigenvalue weighted by molar-refractivity contribution is 6.06. The standard InChI is InChI=1S/C14H11F2NO2/c1-8-3-2-4-11(16)13(8)17-14(19)10-6-5-9(15)7-12(10)18/h2-7,18H,1H3,(H,17,19). The molecule has 1 amide bonds. The van der Waals surface area contributed by atoms with Gasteiger partial charge in [-0.25, -0.2) is 8.78 Å². The van der Waals surface area contributed by atoms with Gasteiger partial charge in [0.25, 0.3) is 5.91 Å². The number of carbonyl (C=O) groups excluding carboxylic acids is 1. The van der Waals surface area contributed by atoms with Crippen LogP contribution in [0.2, 0.25) is 0 Å². The van der Waals surface area contributed by atoms with Crippen molar-refractivity contribution in [3.63, 3.8) is 0 Å². The van der Waals surface area contributed by atoms with Gasteiger partial charge in [-0.1, -0.05) is 12.1 Å². The third-order valence-electron chi connectivity index (χ3n) is 2.66. The number of amides is 1. The summed E-state index contributed by atoms with van der Waals surface area (Å²) >= 11 is 0. The summed E-state index contributed by atoms with van der Waals surface area (Å²) in [4.78, 5) is 11.9. The molecule has 0 saturated heterocycles. The number of carbonyl (C=O) groups is 1. The van der Waals surface area contributed by atoms with Crippen molar-refractivity contribution in [2.45, 2.75) is 6.92 Å². The Hall–Kier alpha value is -2.43. The molecule has 2 rings (SSSR count). The minimum Gasteiger partial charge on any atom is -0.507 e. The van der Waals surface area contributed by atoms with Crippen molar-refractivity contribution in [2.24, 2.45) is 0 Å². The topological polar surface area (TPSA) is 49.3 Å². The van der Waals surface area contributed by atoms with Gasteiger partial charge in [0.1, 0.15) is 17.4 Å². The first-order chi connectivity index (χ1) is 8.99. The van der Waals surface area contributed by atoms with Crippen LogP contribution in [-0.2, 0) is 0 Å².